The molecule has 3 aromatic rings. The highest BCUT2D eigenvalue weighted by atomic mass is 32.1. The van der Waals surface area contributed by atoms with Crippen molar-refractivity contribution < 1.29 is 9.32 Å². The molecule has 1 aliphatic heterocycles. The summed E-state index contributed by atoms with van der Waals surface area (Å²) in [6.45, 7) is 4.96. The maximum absolute atomic E-state index is 12.8. The van der Waals surface area contributed by atoms with Gasteiger partial charge in [0, 0.05) is 25.4 Å². The number of aromatic nitrogens is 4. The molecule has 4 heterocycles. The summed E-state index contributed by atoms with van der Waals surface area (Å²) >= 11 is 1.43. The van der Waals surface area contributed by atoms with Gasteiger partial charge in [-0.05, 0) is 24.3 Å². The number of hydrogen-bond acceptors (Lipinski definition) is 7. The fraction of sp³-hybridized carbons (Fsp3) is 0.500. The first kappa shape index (κ1) is 17.8. The molecule has 3 aromatic heterocycles. The summed E-state index contributed by atoms with van der Waals surface area (Å²) in [5, 5.41) is 6.51. The molecule has 4 rings (SSSR count). The van der Waals surface area contributed by atoms with E-state index in [9.17, 15) is 9.59 Å². The van der Waals surface area contributed by atoms with Gasteiger partial charge in [-0.3, -0.25) is 14.2 Å². The van der Waals surface area contributed by atoms with E-state index >= 15 is 0 Å². The van der Waals surface area contributed by atoms with Crippen LogP contribution in [0.5, 0.6) is 0 Å². The molecule has 142 valence electrons. The summed E-state index contributed by atoms with van der Waals surface area (Å²) in [7, 11) is 0. The number of amides is 1. The van der Waals surface area contributed by atoms with Crippen LogP contribution in [0.4, 0.5) is 0 Å². The third-order valence-corrected chi connectivity index (χ3v) is 5.66. The Kier molecular flexibility index (Phi) is 4.77. The summed E-state index contributed by atoms with van der Waals surface area (Å²) in [5.74, 6) is 1.31. The average molecular weight is 387 g/mol. The lowest BCUT2D eigenvalue weighted by Crippen LogP contribution is -2.32. The monoisotopic (exact) mass is 387 g/mol. The topological polar surface area (TPSA) is 94.1 Å². The molecule has 1 atom stereocenters. The van der Waals surface area contributed by atoms with E-state index in [0.29, 0.717) is 30.2 Å². The third-order valence-electron chi connectivity index (χ3n) is 4.84. The van der Waals surface area contributed by atoms with Crippen LogP contribution in [-0.4, -0.2) is 37.0 Å². The third kappa shape index (κ3) is 3.39. The van der Waals surface area contributed by atoms with E-state index in [1.807, 2.05) is 19.2 Å². The maximum atomic E-state index is 12.8. The first-order valence-electron chi connectivity index (χ1n) is 9.10. The van der Waals surface area contributed by atoms with E-state index in [4.69, 9.17) is 4.52 Å². The number of fused-ring (bicyclic) bond motifs is 1. The highest BCUT2D eigenvalue weighted by Gasteiger charge is 2.33. The van der Waals surface area contributed by atoms with Gasteiger partial charge < -0.3 is 9.42 Å². The smallest absolute Gasteiger partial charge is 0.262 e. The molecule has 8 nitrogen and oxygen atoms in total. The van der Waals surface area contributed by atoms with Crippen molar-refractivity contribution in [2.75, 3.05) is 6.54 Å². The summed E-state index contributed by atoms with van der Waals surface area (Å²) < 4.78 is 6.80. The summed E-state index contributed by atoms with van der Waals surface area (Å²) in [6, 6.07) is 1.62. The molecular weight excluding hydrogens is 366 g/mol. The standard InChI is InChI=1S/C18H21N5O3S/c1-11(2)16-20-15(21-26-16)13-4-3-7-23(13)14(24)5-8-22-10-19-17-12(18(22)25)6-9-27-17/h6,9-11,13H,3-5,7-8H2,1-2H3. The Hall–Kier alpha value is -2.55. The molecule has 1 saturated heterocycles. The minimum absolute atomic E-state index is 0.00860. The molecule has 0 aromatic carbocycles. The van der Waals surface area contributed by atoms with Gasteiger partial charge in [0.25, 0.3) is 5.56 Å². The number of carbonyl (C=O) groups excluding carboxylic acids is 1. The number of likely N-dealkylation sites (tertiary alicyclic amines) is 1. The van der Waals surface area contributed by atoms with Gasteiger partial charge in [-0.1, -0.05) is 19.0 Å². The highest BCUT2D eigenvalue weighted by Crippen LogP contribution is 2.31. The van der Waals surface area contributed by atoms with E-state index in [1.165, 1.54) is 22.2 Å². The van der Waals surface area contributed by atoms with Gasteiger partial charge in [0.1, 0.15) is 4.83 Å². The van der Waals surface area contributed by atoms with Crippen LogP contribution < -0.4 is 5.56 Å². The molecule has 0 saturated carbocycles. The lowest BCUT2D eigenvalue weighted by Gasteiger charge is -2.22. The van der Waals surface area contributed by atoms with E-state index in [2.05, 4.69) is 15.1 Å². The van der Waals surface area contributed by atoms with Gasteiger partial charge in [-0.15, -0.1) is 11.3 Å². The molecule has 0 bridgehead atoms. The minimum Gasteiger partial charge on any atom is -0.339 e. The zero-order valence-corrected chi connectivity index (χ0v) is 16.1. The Morgan fingerprint density at radius 1 is 1.44 bits per heavy atom. The molecule has 0 spiro atoms. The first-order chi connectivity index (χ1) is 13.0. The summed E-state index contributed by atoms with van der Waals surface area (Å²) in [5.41, 5.74) is -0.105. The van der Waals surface area contributed by atoms with Crippen molar-refractivity contribution in [2.24, 2.45) is 0 Å². The SMILES string of the molecule is CC(C)c1nc(C2CCCN2C(=O)CCn2cnc3sccc3c2=O)no1. The zero-order chi connectivity index (χ0) is 19.0. The number of rotatable bonds is 5. The van der Waals surface area contributed by atoms with Crippen molar-refractivity contribution in [3.05, 3.63) is 39.8 Å². The Bertz CT molecular complexity index is 1020. The van der Waals surface area contributed by atoms with Crippen LogP contribution in [0.2, 0.25) is 0 Å². The molecule has 1 amide bonds. The zero-order valence-electron chi connectivity index (χ0n) is 15.3. The molecule has 0 radical (unpaired) electrons. The van der Waals surface area contributed by atoms with Gasteiger partial charge in [-0.25, -0.2) is 4.98 Å². The van der Waals surface area contributed by atoms with Crippen LogP contribution in [-0.2, 0) is 11.3 Å². The van der Waals surface area contributed by atoms with Crippen LogP contribution >= 0.6 is 11.3 Å². The largest absolute Gasteiger partial charge is 0.339 e. The van der Waals surface area contributed by atoms with Crippen molar-refractivity contribution in [1.82, 2.24) is 24.6 Å². The van der Waals surface area contributed by atoms with Crippen LogP contribution in [0, 0.1) is 0 Å². The predicted molar refractivity (Wildman–Crippen MR) is 101 cm³/mol. The maximum Gasteiger partial charge on any atom is 0.262 e. The van der Waals surface area contributed by atoms with Crippen molar-refractivity contribution in [3.8, 4) is 0 Å². The van der Waals surface area contributed by atoms with Crippen molar-refractivity contribution in [3.63, 3.8) is 0 Å². The van der Waals surface area contributed by atoms with E-state index in [1.54, 1.807) is 11.0 Å². The van der Waals surface area contributed by atoms with Crippen molar-refractivity contribution >= 4 is 27.5 Å². The van der Waals surface area contributed by atoms with Crippen LogP contribution in [0.1, 0.15) is 56.8 Å². The molecule has 9 heteroatoms. The quantitative estimate of drug-likeness (QED) is 0.668. The van der Waals surface area contributed by atoms with E-state index in [0.717, 1.165) is 17.7 Å². The van der Waals surface area contributed by atoms with Crippen LogP contribution in [0.3, 0.4) is 0 Å². The van der Waals surface area contributed by atoms with Gasteiger partial charge in [0.15, 0.2) is 5.82 Å². The number of aryl methyl sites for hydroxylation is 1. The molecule has 1 aliphatic rings. The lowest BCUT2D eigenvalue weighted by atomic mass is 10.2. The molecule has 0 N–H and O–H groups in total. The molecular formula is C18H21N5O3S. The van der Waals surface area contributed by atoms with Gasteiger partial charge in [0.2, 0.25) is 11.8 Å². The number of thiophene rings is 1. The second-order valence-corrected chi connectivity index (χ2v) is 7.92. The molecule has 27 heavy (non-hydrogen) atoms. The van der Waals surface area contributed by atoms with Crippen molar-refractivity contribution in [1.29, 1.82) is 0 Å². The fourth-order valence-electron chi connectivity index (χ4n) is 3.36. The van der Waals surface area contributed by atoms with Crippen LogP contribution in [0.25, 0.3) is 10.2 Å². The van der Waals surface area contributed by atoms with Gasteiger partial charge >= 0.3 is 0 Å². The Balaban J connectivity index is 1.46. The average Bonchev–Trinajstić information content (AvgIpc) is 3.39. The lowest BCUT2D eigenvalue weighted by molar-refractivity contribution is -0.132. The van der Waals surface area contributed by atoms with Crippen molar-refractivity contribution in [2.45, 2.75) is 51.6 Å². The summed E-state index contributed by atoms with van der Waals surface area (Å²) in [4.78, 5) is 36.5. The number of nitrogens with zero attached hydrogens (tertiary/aromatic N) is 5. The predicted octanol–water partition coefficient (Wildman–Crippen LogP) is 2.72. The minimum atomic E-state index is -0.150. The van der Waals surface area contributed by atoms with Gasteiger partial charge in [-0.2, -0.15) is 4.98 Å². The second-order valence-electron chi connectivity index (χ2n) is 7.02. The fourth-order valence-corrected chi connectivity index (χ4v) is 4.09. The molecule has 0 aliphatic carbocycles. The van der Waals surface area contributed by atoms with Gasteiger partial charge in [0.05, 0.1) is 17.8 Å². The first-order valence-corrected chi connectivity index (χ1v) is 9.98. The Morgan fingerprint density at radius 3 is 3.07 bits per heavy atom. The number of hydrogen-bond donors (Lipinski definition) is 0. The highest BCUT2D eigenvalue weighted by molar-refractivity contribution is 7.16. The number of carbonyl (C=O) groups is 1. The Labute approximate surface area is 159 Å². The van der Waals surface area contributed by atoms with E-state index in [-0.39, 0.29) is 29.8 Å². The van der Waals surface area contributed by atoms with Crippen LogP contribution in [0.15, 0.2) is 27.1 Å². The van der Waals surface area contributed by atoms with E-state index < -0.39 is 0 Å². The Morgan fingerprint density at radius 2 is 2.30 bits per heavy atom. The molecule has 1 unspecified atom stereocenters. The second kappa shape index (κ2) is 7.22. The molecule has 1 fully saturated rings. The normalized spacial score (nSPS) is 17.3. The summed E-state index contributed by atoms with van der Waals surface area (Å²) in [6.07, 6.45) is 3.49.